The summed E-state index contributed by atoms with van der Waals surface area (Å²) in [5, 5.41) is 0. The summed E-state index contributed by atoms with van der Waals surface area (Å²) in [4.78, 5) is 12.2. The van der Waals surface area contributed by atoms with Gasteiger partial charge in [0.2, 0.25) is 0 Å². The average Bonchev–Trinajstić information content (AvgIpc) is 2.70. The summed E-state index contributed by atoms with van der Waals surface area (Å²) < 4.78 is 13.1. The van der Waals surface area contributed by atoms with Gasteiger partial charge in [0.05, 0.1) is 0 Å². The molecule has 1 saturated carbocycles. The van der Waals surface area contributed by atoms with Crippen molar-refractivity contribution in [1.29, 1.82) is 0 Å². The second kappa shape index (κ2) is 4.99. The Kier molecular flexibility index (Phi) is 3.60. The third-order valence-electron chi connectivity index (χ3n) is 3.95. The van der Waals surface area contributed by atoms with Crippen LogP contribution in [0.15, 0.2) is 18.2 Å². The maximum absolute atomic E-state index is 13.1. The molecule has 0 radical (unpaired) electrons. The number of hydrogen-bond acceptors (Lipinski definition) is 1. The molecule has 92 valence electrons. The van der Waals surface area contributed by atoms with E-state index in [0.29, 0.717) is 12.3 Å². The number of carbonyl (C=O) groups excluding carboxylic acids is 1. The third kappa shape index (κ3) is 2.74. The zero-order valence-electron chi connectivity index (χ0n) is 10.5. The van der Waals surface area contributed by atoms with Crippen LogP contribution in [0.2, 0.25) is 0 Å². The van der Waals surface area contributed by atoms with Crippen molar-refractivity contribution in [2.75, 3.05) is 0 Å². The van der Waals surface area contributed by atoms with Crippen molar-refractivity contribution in [3.8, 4) is 0 Å². The summed E-state index contributed by atoms with van der Waals surface area (Å²) in [6, 6.07) is 4.68. The predicted molar refractivity (Wildman–Crippen MR) is 66.4 cm³/mol. The maximum atomic E-state index is 13.1. The molecule has 0 aliphatic heterocycles. The van der Waals surface area contributed by atoms with E-state index in [1.54, 1.807) is 6.07 Å². The highest BCUT2D eigenvalue weighted by Crippen LogP contribution is 2.32. The number of rotatable bonds is 3. The molecule has 1 fully saturated rings. The SMILES string of the molecule is Cc1ccc(F)cc1CC(=O)C1CCCC1C. The fraction of sp³-hybridized carbons (Fsp3) is 0.533. The van der Waals surface area contributed by atoms with E-state index in [-0.39, 0.29) is 17.5 Å². The lowest BCUT2D eigenvalue weighted by atomic mass is 9.89. The minimum Gasteiger partial charge on any atom is -0.299 e. The number of benzene rings is 1. The first-order valence-electron chi connectivity index (χ1n) is 6.35. The highest BCUT2D eigenvalue weighted by Gasteiger charge is 2.29. The topological polar surface area (TPSA) is 17.1 Å². The maximum Gasteiger partial charge on any atom is 0.140 e. The molecular formula is C15H19FO. The van der Waals surface area contributed by atoms with E-state index >= 15 is 0 Å². The molecule has 1 nitrogen and oxygen atoms in total. The number of halogens is 1. The van der Waals surface area contributed by atoms with E-state index in [0.717, 1.165) is 30.4 Å². The Bertz CT molecular complexity index is 425. The largest absolute Gasteiger partial charge is 0.299 e. The van der Waals surface area contributed by atoms with Gasteiger partial charge >= 0.3 is 0 Å². The summed E-state index contributed by atoms with van der Waals surface area (Å²) >= 11 is 0. The zero-order chi connectivity index (χ0) is 12.4. The fourth-order valence-electron chi connectivity index (χ4n) is 2.77. The third-order valence-corrected chi connectivity index (χ3v) is 3.95. The van der Waals surface area contributed by atoms with Crippen molar-refractivity contribution >= 4 is 5.78 Å². The number of aryl methyl sites for hydroxylation is 1. The molecule has 2 atom stereocenters. The molecule has 0 N–H and O–H groups in total. The van der Waals surface area contributed by atoms with E-state index in [4.69, 9.17) is 0 Å². The van der Waals surface area contributed by atoms with Gasteiger partial charge in [0.1, 0.15) is 11.6 Å². The van der Waals surface area contributed by atoms with Crippen LogP contribution in [-0.2, 0) is 11.2 Å². The van der Waals surface area contributed by atoms with Gasteiger partial charge in [-0.1, -0.05) is 19.4 Å². The van der Waals surface area contributed by atoms with Crippen molar-refractivity contribution in [1.82, 2.24) is 0 Å². The number of hydrogen-bond donors (Lipinski definition) is 0. The highest BCUT2D eigenvalue weighted by atomic mass is 19.1. The summed E-state index contributed by atoms with van der Waals surface area (Å²) in [7, 11) is 0. The van der Waals surface area contributed by atoms with E-state index in [9.17, 15) is 9.18 Å². The summed E-state index contributed by atoms with van der Waals surface area (Å²) in [6.07, 6.45) is 3.70. The second-order valence-electron chi connectivity index (χ2n) is 5.23. The second-order valence-corrected chi connectivity index (χ2v) is 5.23. The van der Waals surface area contributed by atoms with Gasteiger partial charge in [0.25, 0.3) is 0 Å². The lowest BCUT2D eigenvalue weighted by Crippen LogP contribution is -2.19. The van der Waals surface area contributed by atoms with Crippen LogP contribution in [0, 0.1) is 24.6 Å². The van der Waals surface area contributed by atoms with Crippen LogP contribution < -0.4 is 0 Å². The minimum absolute atomic E-state index is 0.192. The first-order chi connectivity index (χ1) is 8.08. The van der Waals surface area contributed by atoms with Crippen molar-refractivity contribution < 1.29 is 9.18 Å². The van der Waals surface area contributed by atoms with Gasteiger partial charge in [-0.3, -0.25) is 4.79 Å². The summed E-state index contributed by atoms with van der Waals surface area (Å²) in [5.74, 6) is 0.718. The van der Waals surface area contributed by atoms with Crippen LogP contribution in [0.5, 0.6) is 0 Å². The fourth-order valence-corrected chi connectivity index (χ4v) is 2.77. The van der Waals surface area contributed by atoms with Crippen LogP contribution in [0.1, 0.15) is 37.3 Å². The normalized spacial score (nSPS) is 23.9. The van der Waals surface area contributed by atoms with Crippen molar-refractivity contribution in [2.24, 2.45) is 11.8 Å². The summed E-state index contributed by atoms with van der Waals surface area (Å²) in [5.41, 5.74) is 1.85. The van der Waals surface area contributed by atoms with Crippen LogP contribution in [-0.4, -0.2) is 5.78 Å². The first-order valence-corrected chi connectivity index (χ1v) is 6.35. The molecule has 17 heavy (non-hydrogen) atoms. The van der Waals surface area contributed by atoms with Gasteiger partial charge in [0.15, 0.2) is 0 Å². The monoisotopic (exact) mass is 234 g/mol. The van der Waals surface area contributed by atoms with Crippen LogP contribution in [0.3, 0.4) is 0 Å². The lowest BCUT2D eigenvalue weighted by molar-refractivity contribution is -0.123. The Morgan fingerprint density at radius 1 is 1.41 bits per heavy atom. The molecule has 2 rings (SSSR count). The van der Waals surface area contributed by atoms with E-state index < -0.39 is 0 Å². The molecule has 2 heteroatoms. The quantitative estimate of drug-likeness (QED) is 0.779. The number of carbonyl (C=O) groups is 1. The molecule has 1 aliphatic carbocycles. The Labute approximate surface area is 102 Å². The lowest BCUT2D eigenvalue weighted by Gasteiger charge is -2.14. The van der Waals surface area contributed by atoms with Crippen LogP contribution in [0.25, 0.3) is 0 Å². The van der Waals surface area contributed by atoms with E-state index in [1.165, 1.54) is 12.1 Å². The van der Waals surface area contributed by atoms with Crippen molar-refractivity contribution in [2.45, 2.75) is 39.5 Å². The molecule has 0 bridgehead atoms. The molecule has 1 aromatic carbocycles. The van der Waals surface area contributed by atoms with Crippen LogP contribution in [0.4, 0.5) is 4.39 Å². The Morgan fingerprint density at radius 2 is 2.18 bits per heavy atom. The molecule has 0 heterocycles. The van der Waals surface area contributed by atoms with Gasteiger partial charge in [-0.2, -0.15) is 0 Å². The molecule has 2 unspecified atom stereocenters. The van der Waals surface area contributed by atoms with Gasteiger partial charge < -0.3 is 0 Å². The van der Waals surface area contributed by atoms with Crippen molar-refractivity contribution in [3.05, 3.63) is 35.1 Å². The molecule has 1 aliphatic rings. The summed E-state index contributed by atoms with van der Waals surface area (Å²) in [6.45, 7) is 4.08. The highest BCUT2D eigenvalue weighted by molar-refractivity contribution is 5.84. The smallest absolute Gasteiger partial charge is 0.140 e. The van der Waals surface area contributed by atoms with Crippen LogP contribution >= 0.6 is 0 Å². The standard InChI is InChI=1S/C15H19FO/c1-10-6-7-13(16)8-12(10)9-15(17)14-5-3-4-11(14)2/h6-8,11,14H,3-5,9H2,1-2H3. The van der Waals surface area contributed by atoms with Gasteiger partial charge in [-0.15, -0.1) is 0 Å². The van der Waals surface area contributed by atoms with E-state index in [2.05, 4.69) is 6.92 Å². The molecule has 0 aromatic heterocycles. The Hall–Kier alpha value is -1.18. The van der Waals surface area contributed by atoms with Gasteiger partial charge in [0, 0.05) is 12.3 Å². The Morgan fingerprint density at radius 3 is 2.82 bits per heavy atom. The first kappa shape index (κ1) is 12.3. The minimum atomic E-state index is -0.252. The number of Topliss-reactive ketones (excluding diaryl/α,β-unsaturated/α-hetero) is 1. The predicted octanol–water partition coefficient (Wildman–Crippen LogP) is 3.68. The zero-order valence-corrected chi connectivity index (χ0v) is 10.5. The molecule has 0 spiro atoms. The number of ketones is 1. The van der Waals surface area contributed by atoms with Gasteiger partial charge in [-0.25, -0.2) is 4.39 Å². The molecule has 0 amide bonds. The molecule has 0 saturated heterocycles. The van der Waals surface area contributed by atoms with Crippen molar-refractivity contribution in [3.63, 3.8) is 0 Å². The Balaban J connectivity index is 2.10. The van der Waals surface area contributed by atoms with E-state index in [1.807, 2.05) is 6.92 Å². The average molecular weight is 234 g/mol. The van der Waals surface area contributed by atoms with Gasteiger partial charge in [-0.05, 0) is 48.9 Å². The molecular weight excluding hydrogens is 215 g/mol. The molecule has 1 aromatic rings.